The molecule has 0 bridgehead atoms. The second kappa shape index (κ2) is 6.85. The van der Waals surface area contributed by atoms with Crippen LogP contribution in [-0.4, -0.2) is 26.3 Å². The first-order chi connectivity index (χ1) is 11.9. The minimum atomic E-state index is -0.418. The Balaban J connectivity index is 2.26. The van der Waals surface area contributed by atoms with E-state index < -0.39 is 6.04 Å². The van der Waals surface area contributed by atoms with E-state index in [1.54, 1.807) is 0 Å². The molecule has 8 heteroatoms. The standard InChI is InChI=1S/C17H20ClN5O2/c1-10(2)13(19)15-20-14-12(18)16(25-3)21-23(14)17(24)22(15)9-11-7-5-4-6-8-11/h4-8,10,13H,9,19H2,1-3H3. The number of hydrogen-bond donors (Lipinski definition) is 1. The molecule has 0 fully saturated rings. The van der Waals surface area contributed by atoms with Crippen LogP contribution in [0.25, 0.3) is 5.65 Å². The summed E-state index contributed by atoms with van der Waals surface area (Å²) in [5.41, 5.74) is 7.17. The predicted molar refractivity (Wildman–Crippen MR) is 96.1 cm³/mol. The summed E-state index contributed by atoms with van der Waals surface area (Å²) in [6.07, 6.45) is 0. The maximum Gasteiger partial charge on any atom is 0.352 e. The molecule has 0 radical (unpaired) electrons. The molecule has 0 saturated heterocycles. The Morgan fingerprint density at radius 1 is 1.28 bits per heavy atom. The van der Waals surface area contributed by atoms with E-state index in [4.69, 9.17) is 22.1 Å². The molecule has 3 aromatic rings. The van der Waals surface area contributed by atoms with E-state index in [1.807, 2.05) is 44.2 Å². The molecular weight excluding hydrogens is 342 g/mol. The van der Waals surface area contributed by atoms with Crippen LogP contribution < -0.4 is 16.2 Å². The Morgan fingerprint density at radius 2 is 1.96 bits per heavy atom. The third-order valence-corrected chi connectivity index (χ3v) is 4.41. The summed E-state index contributed by atoms with van der Waals surface area (Å²) in [4.78, 5) is 17.6. The molecule has 1 atom stereocenters. The van der Waals surface area contributed by atoms with Crippen molar-refractivity contribution in [1.29, 1.82) is 0 Å². The third kappa shape index (κ3) is 3.12. The van der Waals surface area contributed by atoms with Crippen LogP contribution in [0.4, 0.5) is 0 Å². The van der Waals surface area contributed by atoms with Crippen LogP contribution in [0.15, 0.2) is 35.1 Å². The summed E-state index contributed by atoms with van der Waals surface area (Å²) in [7, 11) is 1.44. The lowest BCUT2D eigenvalue weighted by atomic mass is 10.0. The Hall–Kier alpha value is -2.38. The molecule has 1 unspecified atom stereocenters. The monoisotopic (exact) mass is 361 g/mol. The van der Waals surface area contributed by atoms with Crippen LogP contribution in [-0.2, 0) is 6.54 Å². The van der Waals surface area contributed by atoms with E-state index in [9.17, 15) is 4.79 Å². The van der Waals surface area contributed by atoms with E-state index >= 15 is 0 Å². The van der Waals surface area contributed by atoms with Gasteiger partial charge in [-0.05, 0) is 11.5 Å². The number of methoxy groups -OCH3 is 1. The number of rotatable bonds is 5. The number of hydrogen-bond acceptors (Lipinski definition) is 5. The molecule has 25 heavy (non-hydrogen) atoms. The average molecular weight is 362 g/mol. The van der Waals surface area contributed by atoms with E-state index in [0.29, 0.717) is 12.4 Å². The highest BCUT2D eigenvalue weighted by Gasteiger charge is 2.23. The zero-order valence-corrected chi connectivity index (χ0v) is 15.1. The van der Waals surface area contributed by atoms with E-state index in [0.717, 1.165) is 10.1 Å². The van der Waals surface area contributed by atoms with Crippen molar-refractivity contribution in [2.45, 2.75) is 26.4 Å². The summed E-state index contributed by atoms with van der Waals surface area (Å²) >= 11 is 6.24. The molecule has 2 aromatic heterocycles. The van der Waals surface area contributed by atoms with Crippen molar-refractivity contribution in [2.75, 3.05) is 7.11 Å². The number of halogens is 1. The molecule has 0 saturated carbocycles. The normalized spacial score (nSPS) is 12.7. The fraction of sp³-hybridized carbons (Fsp3) is 0.353. The van der Waals surface area contributed by atoms with Gasteiger partial charge in [-0.25, -0.2) is 9.78 Å². The molecule has 132 valence electrons. The van der Waals surface area contributed by atoms with Crippen LogP contribution >= 0.6 is 11.6 Å². The zero-order valence-electron chi connectivity index (χ0n) is 14.3. The maximum absolute atomic E-state index is 13.0. The first-order valence-corrected chi connectivity index (χ1v) is 8.34. The van der Waals surface area contributed by atoms with Crippen molar-refractivity contribution in [1.82, 2.24) is 19.2 Å². The van der Waals surface area contributed by atoms with Crippen molar-refractivity contribution in [2.24, 2.45) is 11.7 Å². The van der Waals surface area contributed by atoms with Crippen molar-refractivity contribution in [3.63, 3.8) is 0 Å². The first kappa shape index (κ1) is 17.4. The Kier molecular flexibility index (Phi) is 4.78. The van der Waals surface area contributed by atoms with Gasteiger partial charge in [-0.15, -0.1) is 5.10 Å². The number of fused-ring (bicyclic) bond motifs is 1. The molecule has 7 nitrogen and oxygen atoms in total. The highest BCUT2D eigenvalue weighted by molar-refractivity contribution is 6.34. The largest absolute Gasteiger partial charge is 0.479 e. The van der Waals surface area contributed by atoms with Crippen LogP contribution in [0, 0.1) is 5.92 Å². The van der Waals surface area contributed by atoms with E-state index in [-0.39, 0.29) is 28.2 Å². The Morgan fingerprint density at radius 3 is 2.56 bits per heavy atom. The van der Waals surface area contributed by atoms with Crippen molar-refractivity contribution < 1.29 is 4.74 Å². The minimum absolute atomic E-state index is 0.0972. The molecule has 2 N–H and O–H groups in total. The second-order valence-electron chi connectivity index (χ2n) is 6.15. The summed E-state index contributed by atoms with van der Waals surface area (Å²) in [5.74, 6) is 0.730. The van der Waals surface area contributed by atoms with Crippen molar-refractivity contribution in [3.05, 3.63) is 57.2 Å². The van der Waals surface area contributed by atoms with Gasteiger partial charge in [0.1, 0.15) is 10.8 Å². The molecule has 3 rings (SSSR count). The molecule has 0 aliphatic heterocycles. The summed E-state index contributed by atoms with van der Waals surface area (Å²) in [5, 5.41) is 4.30. The number of aromatic nitrogens is 4. The number of ether oxygens (including phenoxy) is 1. The van der Waals surface area contributed by atoms with Gasteiger partial charge >= 0.3 is 5.69 Å². The Bertz CT molecular complexity index is 949. The minimum Gasteiger partial charge on any atom is -0.479 e. The van der Waals surface area contributed by atoms with Gasteiger partial charge in [-0.1, -0.05) is 55.8 Å². The average Bonchev–Trinajstić information content (AvgIpc) is 2.93. The molecule has 0 aliphatic rings. The van der Waals surface area contributed by atoms with Crippen LogP contribution in [0.1, 0.15) is 31.3 Å². The van der Waals surface area contributed by atoms with Crippen LogP contribution in [0.3, 0.4) is 0 Å². The van der Waals surface area contributed by atoms with Crippen LogP contribution in [0.5, 0.6) is 5.88 Å². The number of nitrogens with zero attached hydrogens (tertiary/aromatic N) is 4. The lowest BCUT2D eigenvalue weighted by Crippen LogP contribution is -2.35. The smallest absolute Gasteiger partial charge is 0.352 e. The fourth-order valence-electron chi connectivity index (χ4n) is 2.58. The van der Waals surface area contributed by atoms with E-state index in [2.05, 4.69) is 10.1 Å². The van der Waals surface area contributed by atoms with Crippen molar-refractivity contribution >= 4 is 17.2 Å². The highest BCUT2D eigenvalue weighted by atomic mass is 35.5. The summed E-state index contributed by atoms with van der Waals surface area (Å²) in [6, 6.07) is 9.23. The maximum atomic E-state index is 13.0. The molecule has 0 aliphatic carbocycles. The first-order valence-electron chi connectivity index (χ1n) is 7.96. The van der Waals surface area contributed by atoms with Gasteiger partial charge in [0, 0.05) is 0 Å². The molecular formula is C17H20ClN5O2. The van der Waals surface area contributed by atoms with Gasteiger partial charge in [-0.3, -0.25) is 4.57 Å². The quantitative estimate of drug-likeness (QED) is 0.753. The van der Waals surface area contributed by atoms with Crippen LogP contribution in [0.2, 0.25) is 5.02 Å². The Labute approximate surface area is 150 Å². The van der Waals surface area contributed by atoms with Gasteiger partial charge in [0.2, 0.25) is 0 Å². The van der Waals surface area contributed by atoms with Gasteiger partial charge in [0.05, 0.1) is 19.7 Å². The second-order valence-corrected chi connectivity index (χ2v) is 6.53. The van der Waals surface area contributed by atoms with Gasteiger partial charge in [-0.2, -0.15) is 4.52 Å². The predicted octanol–water partition coefficient (Wildman–Crippen LogP) is 2.26. The van der Waals surface area contributed by atoms with Crippen molar-refractivity contribution in [3.8, 4) is 5.88 Å². The van der Waals surface area contributed by atoms with Gasteiger partial charge in [0.25, 0.3) is 5.88 Å². The fourth-order valence-corrected chi connectivity index (χ4v) is 2.82. The lowest BCUT2D eigenvalue weighted by molar-refractivity contribution is 0.393. The molecule has 2 heterocycles. The third-order valence-electron chi connectivity index (χ3n) is 4.08. The van der Waals surface area contributed by atoms with E-state index in [1.165, 1.54) is 11.7 Å². The summed E-state index contributed by atoms with van der Waals surface area (Å²) in [6.45, 7) is 4.30. The van der Waals surface area contributed by atoms with Gasteiger partial charge < -0.3 is 10.5 Å². The molecule has 0 amide bonds. The topological polar surface area (TPSA) is 87.4 Å². The molecule has 0 spiro atoms. The number of benzene rings is 1. The summed E-state index contributed by atoms with van der Waals surface area (Å²) < 4.78 is 7.80. The van der Waals surface area contributed by atoms with Gasteiger partial charge in [0.15, 0.2) is 5.65 Å². The SMILES string of the molecule is COc1nn2c(=O)n(Cc3ccccc3)c(C(N)C(C)C)nc2c1Cl. The highest BCUT2D eigenvalue weighted by Crippen LogP contribution is 2.27. The zero-order chi connectivity index (χ0) is 18.1. The molecule has 1 aromatic carbocycles. The number of nitrogens with two attached hydrogens (primary N) is 1. The lowest BCUT2D eigenvalue weighted by Gasteiger charge is -2.20.